The van der Waals surface area contributed by atoms with Crippen molar-refractivity contribution in [2.24, 2.45) is 16.7 Å². The summed E-state index contributed by atoms with van der Waals surface area (Å²) in [5.74, 6) is 0.368. The van der Waals surface area contributed by atoms with Crippen LogP contribution in [0.15, 0.2) is 12.2 Å². The van der Waals surface area contributed by atoms with Crippen LogP contribution in [-0.2, 0) is 14.3 Å². The van der Waals surface area contributed by atoms with E-state index in [2.05, 4.69) is 53.7 Å². The Labute approximate surface area is 149 Å². The van der Waals surface area contributed by atoms with Crippen LogP contribution >= 0.6 is 0 Å². The van der Waals surface area contributed by atoms with Crippen molar-refractivity contribution in [3.8, 4) is 0 Å². The fraction of sp³-hybridized carbons (Fsp3) is 0.857. The Balaban J connectivity index is 2.77. The van der Waals surface area contributed by atoms with Crippen LogP contribution in [0.5, 0.6) is 0 Å². The molecule has 0 unspecified atom stereocenters. The first kappa shape index (κ1) is 21.2. The lowest BCUT2D eigenvalue weighted by Crippen LogP contribution is -2.33. The van der Waals surface area contributed by atoms with Crippen LogP contribution in [0.3, 0.4) is 0 Å². The predicted molar refractivity (Wildman–Crippen MR) is 99.9 cm³/mol. The van der Waals surface area contributed by atoms with Gasteiger partial charge < -0.3 is 9.47 Å². The van der Waals surface area contributed by atoms with Crippen LogP contribution in [0.2, 0.25) is 0 Å². The Hall–Kier alpha value is -0.830. The molecule has 0 spiro atoms. The summed E-state index contributed by atoms with van der Waals surface area (Å²) in [6.07, 6.45) is 10.0. The molecule has 0 saturated heterocycles. The Morgan fingerprint density at radius 3 is 2.17 bits per heavy atom. The quantitative estimate of drug-likeness (QED) is 0.282. The lowest BCUT2D eigenvalue weighted by Gasteiger charge is -2.27. The van der Waals surface area contributed by atoms with Gasteiger partial charge in [-0.25, -0.2) is 0 Å². The number of rotatable bonds is 11. The summed E-state index contributed by atoms with van der Waals surface area (Å²) < 4.78 is 11.6. The highest BCUT2D eigenvalue weighted by Gasteiger charge is 2.57. The average Bonchev–Trinajstić information content (AvgIpc) is 3.31. The van der Waals surface area contributed by atoms with Crippen molar-refractivity contribution in [1.82, 2.24) is 0 Å². The molecule has 0 heterocycles. The van der Waals surface area contributed by atoms with E-state index in [1.54, 1.807) is 0 Å². The fourth-order valence-electron chi connectivity index (χ4n) is 2.50. The summed E-state index contributed by atoms with van der Waals surface area (Å²) >= 11 is 0. The first-order valence-corrected chi connectivity index (χ1v) is 9.75. The van der Waals surface area contributed by atoms with Crippen molar-refractivity contribution in [2.45, 2.75) is 86.2 Å². The van der Waals surface area contributed by atoms with E-state index >= 15 is 0 Å². The molecule has 1 aliphatic carbocycles. The van der Waals surface area contributed by atoms with E-state index in [9.17, 15) is 4.79 Å². The molecule has 0 amide bonds. The van der Waals surface area contributed by atoms with E-state index in [1.807, 2.05) is 0 Å². The van der Waals surface area contributed by atoms with Crippen molar-refractivity contribution < 1.29 is 14.3 Å². The van der Waals surface area contributed by atoms with Gasteiger partial charge in [0.15, 0.2) is 0 Å². The van der Waals surface area contributed by atoms with Gasteiger partial charge in [0.25, 0.3) is 0 Å². The third-order valence-electron chi connectivity index (χ3n) is 5.21. The van der Waals surface area contributed by atoms with Crippen LogP contribution < -0.4 is 0 Å². The molecule has 1 saturated carbocycles. The number of hydrogen-bond donors (Lipinski definition) is 0. The molecule has 0 aromatic carbocycles. The maximum atomic E-state index is 12.6. The topological polar surface area (TPSA) is 35.5 Å². The minimum Gasteiger partial charge on any atom is -0.465 e. The van der Waals surface area contributed by atoms with Crippen LogP contribution in [-0.4, -0.2) is 25.3 Å². The molecule has 1 aliphatic rings. The second-order valence-corrected chi connectivity index (χ2v) is 8.33. The Kier molecular flexibility index (Phi) is 8.49. The zero-order chi connectivity index (χ0) is 18.2. The molecule has 0 aliphatic heterocycles. The minimum absolute atomic E-state index is 0.0643. The number of hydrogen-bond acceptors (Lipinski definition) is 3. The van der Waals surface area contributed by atoms with Gasteiger partial charge in [0.2, 0.25) is 0 Å². The van der Waals surface area contributed by atoms with Gasteiger partial charge in [0.05, 0.1) is 18.1 Å². The monoisotopic (exact) mass is 338 g/mol. The van der Waals surface area contributed by atoms with Gasteiger partial charge in [-0.05, 0) is 37.0 Å². The summed E-state index contributed by atoms with van der Waals surface area (Å²) in [7, 11) is 0. The zero-order valence-electron chi connectivity index (χ0n) is 16.7. The van der Waals surface area contributed by atoms with Gasteiger partial charge in [0.1, 0.15) is 0 Å². The normalized spacial score (nSPS) is 19.2. The van der Waals surface area contributed by atoms with Gasteiger partial charge in [0, 0.05) is 6.61 Å². The van der Waals surface area contributed by atoms with Crippen molar-refractivity contribution in [2.75, 3.05) is 13.2 Å². The van der Waals surface area contributed by atoms with E-state index in [0.717, 1.165) is 38.5 Å². The molecule has 3 heteroatoms. The predicted octanol–water partition coefficient (Wildman–Crippen LogP) is 5.53. The molecule has 2 atom stereocenters. The highest BCUT2D eigenvalue weighted by atomic mass is 16.5. The minimum atomic E-state index is -0.435. The van der Waals surface area contributed by atoms with Gasteiger partial charge in [-0.15, -0.1) is 0 Å². The summed E-state index contributed by atoms with van der Waals surface area (Å²) in [4.78, 5) is 12.6. The number of unbranched alkanes of at least 4 members (excludes halogenated alkanes) is 2. The maximum Gasteiger partial charge on any atom is 0.315 e. The second kappa shape index (κ2) is 9.60. The molecule has 0 radical (unpaired) electrons. The van der Waals surface area contributed by atoms with E-state index < -0.39 is 5.41 Å². The molecule has 0 bridgehead atoms. The van der Waals surface area contributed by atoms with Crippen molar-refractivity contribution >= 4 is 5.97 Å². The SMILES string of the molecule is CCCCOC(=O)C1([C@@H](/C=C/[C@@H](C)C(C)(C)C)OCCCC)CC1. The lowest BCUT2D eigenvalue weighted by atomic mass is 9.81. The molecular formula is C21H38O3. The van der Waals surface area contributed by atoms with Gasteiger partial charge in [-0.2, -0.15) is 0 Å². The molecule has 3 nitrogen and oxygen atoms in total. The van der Waals surface area contributed by atoms with E-state index in [-0.39, 0.29) is 17.5 Å². The van der Waals surface area contributed by atoms with Crippen molar-refractivity contribution in [3.05, 3.63) is 12.2 Å². The lowest BCUT2D eigenvalue weighted by molar-refractivity contribution is -0.155. The van der Waals surface area contributed by atoms with Crippen LogP contribution in [0, 0.1) is 16.7 Å². The van der Waals surface area contributed by atoms with Crippen molar-refractivity contribution in [3.63, 3.8) is 0 Å². The summed E-state index contributed by atoms with van der Waals surface area (Å²) in [6, 6.07) is 0. The zero-order valence-corrected chi connectivity index (χ0v) is 16.7. The third-order valence-corrected chi connectivity index (χ3v) is 5.21. The number of ether oxygens (including phenoxy) is 2. The molecule has 24 heavy (non-hydrogen) atoms. The largest absolute Gasteiger partial charge is 0.465 e. The highest BCUT2D eigenvalue weighted by Crippen LogP contribution is 2.51. The van der Waals surface area contributed by atoms with Crippen LogP contribution in [0.25, 0.3) is 0 Å². The molecule has 1 fully saturated rings. The highest BCUT2D eigenvalue weighted by molar-refractivity contribution is 5.81. The van der Waals surface area contributed by atoms with Crippen molar-refractivity contribution in [1.29, 1.82) is 0 Å². The third kappa shape index (κ3) is 6.23. The smallest absolute Gasteiger partial charge is 0.315 e. The first-order valence-electron chi connectivity index (χ1n) is 9.75. The van der Waals surface area contributed by atoms with Gasteiger partial charge in [-0.1, -0.05) is 66.5 Å². The molecule has 1 rings (SSSR count). The average molecular weight is 339 g/mol. The first-order chi connectivity index (χ1) is 11.3. The molecule has 140 valence electrons. The van der Waals surface area contributed by atoms with Crippen LogP contribution in [0.4, 0.5) is 0 Å². The Morgan fingerprint density at radius 1 is 1.08 bits per heavy atom. The fourth-order valence-corrected chi connectivity index (χ4v) is 2.50. The number of allylic oxidation sites excluding steroid dienone is 1. The summed E-state index contributed by atoms with van der Waals surface area (Å²) in [5, 5.41) is 0. The summed E-state index contributed by atoms with van der Waals surface area (Å²) in [6.45, 7) is 14.4. The second-order valence-electron chi connectivity index (χ2n) is 8.33. The van der Waals surface area contributed by atoms with Gasteiger partial charge in [-0.3, -0.25) is 4.79 Å². The standard InChI is InChI=1S/C21H38O3/c1-7-9-15-23-18(12-11-17(3)20(4,5)6)21(13-14-21)19(22)24-16-10-8-2/h11-12,17-18H,7-10,13-16H2,1-6H3/b12-11+/t17-,18-/m1/s1. The van der Waals surface area contributed by atoms with E-state index in [1.165, 1.54) is 0 Å². The summed E-state index contributed by atoms with van der Waals surface area (Å²) in [5.41, 5.74) is -0.224. The number of carbonyl (C=O) groups excluding carboxylic acids is 1. The molecule has 0 aromatic heterocycles. The van der Waals surface area contributed by atoms with E-state index in [0.29, 0.717) is 19.1 Å². The van der Waals surface area contributed by atoms with Crippen LogP contribution in [0.1, 0.15) is 80.1 Å². The van der Waals surface area contributed by atoms with Gasteiger partial charge >= 0.3 is 5.97 Å². The molecule has 0 N–H and O–H groups in total. The molecular weight excluding hydrogens is 300 g/mol. The maximum absolute atomic E-state index is 12.6. The Morgan fingerprint density at radius 2 is 1.67 bits per heavy atom. The molecule has 0 aromatic rings. The number of esters is 1. The Bertz CT molecular complexity index is 402. The van der Waals surface area contributed by atoms with E-state index in [4.69, 9.17) is 9.47 Å². The number of carbonyl (C=O) groups is 1.